The SMILES string of the molecule is CCCC1CC(Nc2ccc(NS(C)(=O)=O)cc2)CCO1. The van der Waals surface area contributed by atoms with Crippen molar-refractivity contribution in [3.8, 4) is 0 Å². The van der Waals surface area contributed by atoms with Gasteiger partial charge in [-0.15, -0.1) is 0 Å². The highest BCUT2D eigenvalue weighted by molar-refractivity contribution is 7.92. The van der Waals surface area contributed by atoms with E-state index < -0.39 is 10.0 Å². The molecule has 0 amide bonds. The Morgan fingerprint density at radius 3 is 2.52 bits per heavy atom. The Morgan fingerprint density at radius 2 is 1.90 bits per heavy atom. The van der Waals surface area contributed by atoms with E-state index in [1.807, 2.05) is 12.1 Å². The second-order valence-corrected chi connectivity index (χ2v) is 7.35. The number of benzene rings is 1. The van der Waals surface area contributed by atoms with E-state index in [2.05, 4.69) is 17.0 Å². The topological polar surface area (TPSA) is 67.4 Å². The predicted molar refractivity (Wildman–Crippen MR) is 86.2 cm³/mol. The Hall–Kier alpha value is -1.27. The summed E-state index contributed by atoms with van der Waals surface area (Å²) < 4.78 is 30.5. The van der Waals surface area contributed by atoms with Crippen molar-refractivity contribution in [3.05, 3.63) is 24.3 Å². The molecule has 2 unspecified atom stereocenters. The third-order valence-electron chi connectivity index (χ3n) is 3.54. The maximum atomic E-state index is 11.2. The van der Waals surface area contributed by atoms with Crippen LogP contribution in [0.2, 0.25) is 0 Å². The van der Waals surface area contributed by atoms with Gasteiger partial charge in [-0.2, -0.15) is 0 Å². The zero-order valence-electron chi connectivity index (χ0n) is 12.6. The lowest BCUT2D eigenvalue weighted by molar-refractivity contribution is 0.00598. The van der Waals surface area contributed by atoms with E-state index in [1.165, 1.54) is 0 Å². The van der Waals surface area contributed by atoms with Crippen LogP contribution in [0.25, 0.3) is 0 Å². The third kappa shape index (κ3) is 5.55. The monoisotopic (exact) mass is 312 g/mol. The van der Waals surface area contributed by atoms with Crippen LogP contribution >= 0.6 is 0 Å². The van der Waals surface area contributed by atoms with E-state index in [9.17, 15) is 8.42 Å². The van der Waals surface area contributed by atoms with Gasteiger partial charge in [0.05, 0.1) is 12.4 Å². The van der Waals surface area contributed by atoms with Crippen molar-refractivity contribution in [2.45, 2.75) is 44.8 Å². The van der Waals surface area contributed by atoms with Gasteiger partial charge < -0.3 is 10.1 Å². The zero-order valence-corrected chi connectivity index (χ0v) is 13.4. The Bertz CT molecular complexity index is 541. The van der Waals surface area contributed by atoms with E-state index in [0.29, 0.717) is 17.8 Å². The number of sulfonamides is 1. The normalized spacial score (nSPS) is 22.8. The summed E-state index contributed by atoms with van der Waals surface area (Å²) in [4.78, 5) is 0. The molecule has 21 heavy (non-hydrogen) atoms. The van der Waals surface area contributed by atoms with Crippen LogP contribution in [-0.2, 0) is 14.8 Å². The molecule has 0 saturated carbocycles. The van der Waals surface area contributed by atoms with Gasteiger partial charge in [0.2, 0.25) is 10.0 Å². The smallest absolute Gasteiger partial charge is 0.229 e. The fourth-order valence-corrected chi connectivity index (χ4v) is 3.18. The lowest BCUT2D eigenvalue weighted by Gasteiger charge is -2.30. The van der Waals surface area contributed by atoms with Crippen LogP contribution in [0.15, 0.2) is 24.3 Å². The highest BCUT2D eigenvalue weighted by Gasteiger charge is 2.21. The van der Waals surface area contributed by atoms with E-state index in [-0.39, 0.29) is 0 Å². The maximum Gasteiger partial charge on any atom is 0.229 e. The first-order chi connectivity index (χ1) is 9.96. The van der Waals surface area contributed by atoms with Gasteiger partial charge in [0.25, 0.3) is 0 Å². The third-order valence-corrected chi connectivity index (χ3v) is 4.14. The highest BCUT2D eigenvalue weighted by Crippen LogP contribution is 2.22. The van der Waals surface area contributed by atoms with Crippen LogP contribution in [0.5, 0.6) is 0 Å². The molecule has 1 aromatic rings. The number of hydrogen-bond acceptors (Lipinski definition) is 4. The van der Waals surface area contributed by atoms with E-state index in [1.54, 1.807) is 12.1 Å². The summed E-state index contributed by atoms with van der Waals surface area (Å²) in [6.45, 7) is 2.98. The van der Waals surface area contributed by atoms with Crippen molar-refractivity contribution in [3.63, 3.8) is 0 Å². The molecule has 1 saturated heterocycles. The molecular formula is C15H24N2O3S. The van der Waals surface area contributed by atoms with Gasteiger partial charge in [-0.25, -0.2) is 8.42 Å². The van der Waals surface area contributed by atoms with Crippen molar-refractivity contribution < 1.29 is 13.2 Å². The lowest BCUT2D eigenvalue weighted by Crippen LogP contribution is -2.33. The molecule has 0 bridgehead atoms. The van der Waals surface area contributed by atoms with Crippen molar-refractivity contribution >= 4 is 21.4 Å². The minimum atomic E-state index is -3.22. The molecule has 2 N–H and O–H groups in total. The Morgan fingerprint density at radius 1 is 1.24 bits per heavy atom. The number of anilines is 2. The molecule has 0 spiro atoms. The molecule has 0 aliphatic carbocycles. The van der Waals surface area contributed by atoms with Crippen molar-refractivity contribution in [1.82, 2.24) is 0 Å². The lowest BCUT2D eigenvalue weighted by atomic mass is 10.00. The molecule has 0 aromatic heterocycles. The molecule has 1 aliphatic heterocycles. The number of rotatable bonds is 6. The molecule has 1 heterocycles. The maximum absolute atomic E-state index is 11.2. The molecular weight excluding hydrogens is 288 g/mol. The Balaban J connectivity index is 1.91. The van der Waals surface area contributed by atoms with E-state index in [0.717, 1.165) is 44.2 Å². The molecule has 6 heteroatoms. The first-order valence-electron chi connectivity index (χ1n) is 7.42. The minimum Gasteiger partial charge on any atom is -0.382 e. The minimum absolute atomic E-state index is 0.354. The summed E-state index contributed by atoms with van der Waals surface area (Å²) in [7, 11) is -3.22. The van der Waals surface area contributed by atoms with Crippen molar-refractivity contribution in [1.29, 1.82) is 0 Å². The molecule has 0 radical (unpaired) electrons. The van der Waals surface area contributed by atoms with Crippen LogP contribution in [-0.4, -0.2) is 33.4 Å². The number of ether oxygens (including phenoxy) is 1. The van der Waals surface area contributed by atoms with Gasteiger partial charge in [-0.3, -0.25) is 4.72 Å². The van der Waals surface area contributed by atoms with Crippen LogP contribution in [0, 0.1) is 0 Å². The first-order valence-corrected chi connectivity index (χ1v) is 9.31. The van der Waals surface area contributed by atoms with Crippen LogP contribution in [0.4, 0.5) is 11.4 Å². The molecule has 5 nitrogen and oxygen atoms in total. The molecule has 2 atom stereocenters. The summed E-state index contributed by atoms with van der Waals surface area (Å²) in [6.07, 6.45) is 5.78. The molecule has 2 rings (SSSR count). The van der Waals surface area contributed by atoms with Crippen LogP contribution < -0.4 is 10.0 Å². The van der Waals surface area contributed by atoms with Gasteiger partial charge in [-0.05, 0) is 43.5 Å². The van der Waals surface area contributed by atoms with E-state index >= 15 is 0 Å². The van der Waals surface area contributed by atoms with E-state index in [4.69, 9.17) is 4.74 Å². The second-order valence-electron chi connectivity index (χ2n) is 5.60. The standard InChI is InChI=1S/C15H24N2O3S/c1-3-4-15-11-14(9-10-20-15)16-12-5-7-13(8-6-12)17-21(2,18)19/h5-8,14-17H,3-4,9-11H2,1-2H3. The van der Waals surface area contributed by atoms with Crippen molar-refractivity contribution in [2.24, 2.45) is 0 Å². The summed E-state index contributed by atoms with van der Waals surface area (Å²) in [5, 5.41) is 3.50. The van der Waals surface area contributed by atoms with Crippen LogP contribution in [0.3, 0.4) is 0 Å². The van der Waals surface area contributed by atoms with Crippen molar-refractivity contribution in [2.75, 3.05) is 22.9 Å². The Kier molecular flexibility index (Phi) is 5.47. The molecule has 1 aromatic carbocycles. The predicted octanol–water partition coefficient (Wildman–Crippen LogP) is 2.82. The second kappa shape index (κ2) is 7.13. The van der Waals surface area contributed by atoms with Crippen LogP contribution in [0.1, 0.15) is 32.6 Å². The molecule has 1 fully saturated rings. The average Bonchev–Trinajstić information content (AvgIpc) is 2.40. The summed E-state index contributed by atoms with van der Waals surface area (Å²) in [5.74, 6) is 0. The van der Waals surface area contributed by atoms with Gasteiger partial charge in [0.1, 0.15) is 0 Å². The van der Waals surface area contributed by atoms with Gasteiger partial charge in [0.15, 0.2) is 0 Å². The zero-order chi connectivity index (χ0) is 15.3. The quantitative estimate of drug-likeness (QED) is 0.847. The summed E-state index contributed by atoms with van der Waals surface area (Å²) in [5.41, 5.74) is 1.59. The average molecular weight is 312 g/mol. The molecule has 118 valence electrons. The summed E-state index contributed by atoms with van der Waals surface area (Å²) in [6, 6.07) is 7.76. The largest absolute Gasteiger partial charge is 0.382 e. The number of nitrogens with one attached hydrogen (secondary N) is 2. The van der Waals surface area contributed by atoms with Gasteiger partial charge in [-0.1, -0.05) is 13.3 Å². The fourth-order valence-electron chi connectivity index (χ4n) is 2.62. The number of hydrogen-bond donors (Lipinski definition) is 2. The van der Waals surface area contributed by atoms with Gasteiger partial charge in [0, 0.05) is 24.0 Å². The summed E-state index contributed by atoms with van der Waals surface area (Å²) >= 11 is 0. The Labute approximate surface area is 127 Å². The highest BCUT2D eigenvalue weighted by atomic mass is 32.2. The van der Waals surface area contributed by atoms with Gasteiger partial charge >= 0.3 is 0 Å². The molecule has 1 aliphatic rings. The fraction of sp³-hybridized carbons (Fsp3) is 0.600. The first kappa shape index (κ1) is 16.1.